The van der Waals surface area contributed by atoms with Crippen LogP contribution in [-0.2, 0) is 19.4 Å². The van der Waals surface area contributed by atoms with Crippen LogP contribution in [0.25, 0.3) is 6.08 Å². The van der Waals surface area contributed by atoms with E-state index in [1.807, 2.05) is 0 Å². The summed E-state index contributed by atoms with van der Waals surface area (Å²) >= 11 is 0. The first-order valence-electron chi connectivity index (χ1n) is 7.41. The van der Waals surface area contributed by atoms with Gasteiger partial charge in [-0.05, 0) is 42.0 Å². The highest BCUT2D eigenvalue weighted by molar-refractivity contribution is 7.90. The van der Waals surface area contributed by atoms with Crippen molar-refractivity contribution in [3.8, 4) is 0 Å². The molecule has 0 unspecified atom stereocenters. The Morgan fingerprint density at radius 3 is 2.24 bits per heavy atom. The number of hydrogen-bond donors (Lipinski definition) is 2. The molecule has 0 heterocycles. The fraction of sp³-hybridized carbons (Fsp3) is 0.111. The Bertz CT molecular complexity index is 916. The number of benzene rings is 2. The Balaban J connectivity index is 2.02. The maximum absolute atomic E-state index is 12.0. The Hall–Kier alpha value is -2.93. The molecule has 0 spiro atoms. The molecule has 0 aliphatic carbocycles. The zero-order valence-corrected chi connectivity index (χ0v) is 14.6. The zero-order chi connectivity index (χ0) is 18.4. The quantitative estimate of drug-likeness (QED) is 0.804. The van der Waals surface area contributed by atoms with E-state index in [4.69, 9.17) is 0 Å². The molecule has 0 aromatic heterocycles. The van der Waals surface area contributed by atoms with Gasteiger partial charge >= 0.3 is 0 Å². The van der Waals surface area contributed by atoms with Gasteiger partial charge in [0.1, 0.15) is 0 Å². The number of anilines is 2. The average Bonchev–Trinajstić information content (AvgIpc) is 2.53. The number of carbonyl (C=O) groups excluding carboxylic acids is 2. The van der Waals surface area contributed by atoms with Gasteiger partial charge in [-0.1, -0.05) is 18.2 Å². The van der Waals surface area contributed by atoms with Gasteiger partial charge in [-0.2, -0.15) is 0 Å². The van der Waals surface area contributed by atoms with Crippen molar-refractivity contribution in [2.24, 2.45) is 0 Å². The van der Waals surface area contributed by atoms with Gasteiger partial charge in [0.25, 0.3) is 0 Å². The maximum atomic E-state index is 12.0. The molecule has 2 rings (SSSR count). The van der Waals surface area contributed by atoms with Gasteiger partial charge in [-0.3, -0.25) is 9.59 Å². The van der Waals surface area contributed by atoms with Crippen molar-refractivity contribution in [3.05, 3.63) is 60.2 Å². The Morgan fingerprint density at radius 2 is 1.64 bits per heavy atom. The molecule has 130 valence electrons. The second-order valence-electron chi connectivity index (χ2n) is 5.43. The molecule has 2 N–H and O–H groups in total. The molecule has 6 nitrogen and oxygen atoms in total. The highest BCUT2D eigenvalue weighted by atomic mass is 32.2. The molecule has 25 heavy (non-hydrogen) atoms. The van der Waals surface area contributed by atoms with Gasteiger partial charge in [0.15, 0.2) is 9.84 Å². The third-order valence-corrected chi connectivity index (χ3v) is 4.30. The molecule has 2 aromatic rings. The first-order chi connectivity index (χ1) is 11.7. The minimum atomic E-state index is -3.33. The topological polar surface area (TPSA) is 92.3 Å². The lowest BCUT2D eigenvalue weighted by Crippen LogP contribution is -2.08. The van der Waals surface area contributed by atoms with Crippen molar-refractivity contribution in [1.82, 2.24) is 0 Å². The second-order valence-corrected chi connectivity index (χ2v) is 7.44. The lowest BCUT2D eigenvalue weighted by Gasteiger charge is -2.04. The van der Waals surface area contributed by atoms with Crippen LogP contribution in [0.5, 0.6) is 0 Å². The van der Waals surface area contributed by atoms with E-state index in [1.54, 1.807) is 42.5 Å². The summed E-state index contributed by atoms with van der Waals surface area (Å²) in [6, 6.07) is 13.0. The molecule has 0 atom stereocenters. The van der Waals surface area contributed by atoms with Gasteiger partial charge in [0.2, 0.25) is 11.8 Å². The largest absolute Gasteiger partial charge is 0.326 e. The number of hydrogen-bond acceptors (Lipinski definition) is 4. The van der Waals surface area contributed by atoms with E-state index >= 15 is 0 Å². The molecule has 7 heteroatoms. The fourth-order valence-corrected chi connectivity index (χ4v) is 2.71. The standard InChI is InChI=1S/C18H18N2O4S/c1-13(21)19-15-9-6-14(7-10-15)8-11-18(22)20-16-4-3-5-17(12-16)25(2,23)24/h3-12H,1-2H3,(H,19,21)(H,20,22)/b11-8+. The molecule has 2 aromatic carbocycles. The Labute approximate surface area is 146 Å². The van der Waals surface area contributed by atoms with Gasteiger partial charge in [0.05, 0.1) is 4.90 Å². The minimum absolute atomic E-state index is 0.142. The molecule has 0 aliphatic rings. The van der Waals surface area contributed by atoms with Crippen LogP contribution in [0.1, 0.15) is 12.5 Å². The monoisotopic (exact) mass is 358 g/mol. The number of nitrogens with one attached hydrogen (secondary N) is 2. The SMILES string of the molecule is CC(=O)Nc1ccc(/C=C/C(=O)Nc2cccc(S(C)(=O)=O)c2)cc1. The van der Waals surface area contributed by atoms with E-state index in [0.29, 0.717) is 11.4 Å². The van der Waals surface area contributed by atoms with Crippen molar-refractivity contribution in [1.29, 1.82) is 0 Å². The third-order valence-electron chi connectivity index (χ3n) is 3.19. The van der Waals surface area contributed by atoms with E-state index in [0.717, 1.165) is 11.8 Å². The smallest absolute Gasteiger partial charge is 0.248 e. The molecule has 0 saturated carbocycles. The summed E-state index contributed by atoms with van der Waals surface area (Å²) in [7, 11) is -3.33. The third kappa shape index (κ3) is 5.89. The Morgan fingerprint density at radius 1 is 0.960 bits per heavy atom. The maximum Gasteiger partial charge on any atom is 0.248 e. The summed E-state index contributed by atoms with van der Waals surface area (Å²) in [5, 5.41) is 5.27. The predicted octanol–water partition coefficient (Wildman–Crippen LogP) is 2.70. The molecule has 2 amide bonds. The minimum Gasteiger partial charge on any atom is -0.326 e. The van der Waals surface area contributed by atoms with Crippen LogP contribution in [0.4, 0.5) is 11.4 Å². The van der Waals surface area contributed by atoms with Crippen LogP contribution in [0, 0.1) is 0 Å². The van der Waals surface area contributed by atoms with Crippen LogP contribution in [0.15, 0.2) is 59.5 Å². The fourth-order valence-electron chi connectivity index (χ4n) is 2.04. The first kappa shape index (κ1) is 18.4. The van der Waals surface area contributed by atoms with E-state index < -0.39 is 9.84 Å². The van der Waals surface area contributed by atoms with Gasteiger partial charge in [0, 0.05) is 30.6 Å². The van der Waals surface area contributed by atoms with Crippen LogP contribution < -0.4 is 10.6 Å². The number of carbonyl (C=O) groups is 2. The van der Waals surface area contributed by atoms with Gasteiger partial charge in [-0.25, -0.2) is 8.42 Å². The summed E-state index contributed by atoms with van der Waals surface area (Å²) in [4.78, 5) is 23.1. The van der Waals surface area contributed by atoms with Crippen LogP contribution in [0.3, 0.4) is 0 Å². The Kier molecular flexibility index (Phi) is 5.71. The average molecular weight is 358 g/mol. The summed E-state index contributed by atoms with van der Waals surface area (Å²) in [5.74, 6) is -0.532. The lowest BCUT2D eigenvalue weighted by atomic mass is 10.2. The van der Waals surface area contributed by atoms with E-state index in [2.05, 4.69) is 10.6 Å². The number of rotatable bonds is 5. The van der Waals surface area contributed by atoms with Crippen molar-refractivity contribution in [3.63, 3.8) is 0 Å². The van der Waals surface area contributed by atoms with E-state index in [1.165, 1.54) is 25.1 Å². The number of amides is 2. The van der Waals surface area contributed by atoms with Crippen LogP contribution in [-0.4, -0.2) is 26.5 Å². The molecule has 0 aliphatic heterocycles. The molecule has 0 saturated heterocycles. The molecule has 0 bridgehead atoms. The normalized spacial score (nSPS) is 11.3. The molecule has 0 radical (unpaired) electrons. The zero-order valence-electron chi connectivity index (χ0n) is 13.8. The van der Waals surface area contributed by atoms with Crippen LogP contribution >= 0.6 is 0 Å². The van der Waals surface area contributed by atoms with Crippen LogP contribution in [0.2, 0.25) is 0 Å². The molecular weight excluding hydrogens is 340 g/mol. The number of sulfone groups is 1. The van der Waals surface area contributed by atoms with E-state index in [-0.39, 0.29) is 16.7 Å². The van der Waals surface area contributed by atoms with E-state index in [9.17, 15) is 18.0 Å². The molecule has 0 fully saturated rings. The summed E-state index contributed by atoms with van der Waals surface area (Å²) < 4.78 is 23.0. The summed E-state index contributed by atoms with van der Waals surface area (Å²) in [5.41, 5.74) is 1.86. The first-order valence-corrected chi connectivity index (χ1v) is 9.30. The van der Waals surface area contributed by atoms with Gasteiger partial charge < -0.3 is 10.6 Å². The highest BCUT2D eigenvalue weighted by Gasteiger charge is 2.08. The van der Waals surface area contributed by atoms with Crippen molar-refractivity contribution >= 4 is 39.1 Å². The predicted molar refractivity (Wildman–Crippen MR) is 98.0 cm³/mol. The summed E-state index contributed by atoms with van der Waals surface area (Å²) in [6.45, 7) is 1.43. The van der Waals surface area contributed by atoms with Crippen molar-refractivity contribution in [2.45, 2.75) is 11.8 Å². The summed E-state index contributed by atoms with van der Waals surface area (Å²) in [6.07, 6.45) is 4.08. The molecular formula is C18H18N2O4S. The highest BCUT2D eigenvalue weighted by Crippen LogP contribution is 2.15. The van der Waals surface area contributed by atoms with Crippen molar-refractivity contribution in [2.75, 3.05) is 16.9 Å². The van der Waals surface area contributed by atoms with Crippen molar-refractivity contribution < 1.29 is 18.0 Å². The van der Waals surface area contributed by atoms with Gasteiger partial charge in [-0.15, -0.1) is 0 Å². The lowest BCUT2D eigenvalue weighted by molar-refractivity contribution is -0.114. The second kappa shape index (κ2) is 7.76.